The lowest BCUT2D eigenvalue weighted by atomic mass is 9.65. The topological polar surface area (TPSA) is 38.0 Å². The van der Waals surface area contributed by atoms with Crippen molar-refractivity contribution < 1.29 is 5.11 Å². The molecule has 0 spiro atoms. The molecule has 1 heterocycles. The Labute approximate surface area is 126 Å². The first kappa shape index (κ1) is 14.3. The molecule has 0 amide bonds. The van der Waals surface area contributed by atoms with E-state index in [0.717, 1.165) is 18.4 Å². The highest BCUT2D eigenvalue weighted by atomic mass is 16.3. The van der Waals surface area contributed by atoms with E-state index in [1.165, 1.54) is 24.8 Å². The van der Waals surface area contributed by atoms with Crippen LogP contribution >= 0.6 is 0 Å². The van der Waals surface area contributed by atoms with Gasteiger partial charge in [-0.1, -0.05) is 49.6 Å². The van der Waals surface area contributed by atoms with Gasteiger partial charge in [-0.2, -0.15) is 5.10 Å². The molecule has 1 aliphatic carbocycles. The lowest BCUT2D eigenvalue weighted by Crippen LogP contribution is -2.42. The molecule has 0 bridgehead atoms. The highest BCUT2D eigenvalue weighted by Crippen LogP contribution is 2.43. The highest BCUT2D eigenvalue weighted by molar-refractivity contribution is 5.28. The van der Waals surface area contributed by atoms with Gasteiger partial charge in [-0.15, -0.1) is 0 Å². The largest absolute Gasteiger partial charge is 0.392 e. The van der Waals surface area contributed by atoms with E-state index in [1.807, 2.05) is 25.5 Å². The summed E-state index contributed by atoms with van der Waals surface area (Å²) in [5.74, 6) is 0. The first-order valence-electron chi connectivity index (χ1n) is 7.92. The summed E-state index contributed by atoms with van der Waals surface area (Å²) in [6, 6.07) is 10.6. The SMILES string of the molecule is Cn1cc(CC(O)C2(c3ccccc3)CCCCC2)cn1. The molecule has 2 aromatic rings. The van der Waals surface area contributed by atoms with Gasteiger partial charge in [0, 0.05) is 25.1 Å². The number of benzene rings is 1. The molecular formula is C18H24N2O. The Morgan fingerprint density at radius 1 is 1.19 bits per heavy atom. The predicted octanol–water partition coefficient (Wildman–Crippen LogP) is 3.23. The van der Waals surface area contributed by atoms with Gasteiger partial charge >= 0.3 is 0 Å². The predicted molar refractivity (Wildman–Crippen MR) is 84.1 cm³/mol. The fourth-order valence-corrected chi connectivity index (χ4v) is 3.76. The summed E-state index contributed by atoms with van der Waals surface area (Å²) in [7, 11) is 1.92. The van der Waals surface area contributed by atoms with Crippen molar-refractivity contribution in [2.75, 3.05) is 0 Å². The molecule has 1 saturated carbocycles. The molecule has 21 heavy (non-hydrogen) atoms. The lowest BCUT2D eigenvalue weighted by molar-refractivity contribution is 0.0539. The molecule has 1 aromatic carbocycles. The molecule has 1 aromatic heterocycles. The molecule has 1 fully saturated rings. The molecule has 0 saturated heterocycles. The van der Waals surface area contributed by atoms with Crippen LogP contribution in [0.3, 0.4) is 0 Å². The summed E-state index contributed by atoms with van der Waals surface area (Å²) in [5, 5.41) is 15.2. The number of aliphatic hydroxyl groups is 1. The summed E-state index contributed by atoms with van der Waals surface area (Å²) in [6.07, 6.45) is 10.1. The Bertz CT molecular complexity index is 570. The van der Waals surface area contributed by atoms with E-state index in [4.69, 9.17) is 0 Å². The fourth-order valence-electron chi connectivity index (χ4n) is 3.76. The van der Waals surface area contributed by atoms with Crippen LogP contribution in [-0.4, -0.2) is 21.0 Å². The number of nitrogens with zero attached hydrogens (tertiary/aromatic N) is 2. The van der Waals surface area contributed by atoms with Crippen LogP contribution < -0.4 is 0 Å². The number of aromatic nitrogens is 2. The lowest BCUT2D eigenvalue weighted by Gasteiger charge is -2.42. The minimum Gasteiger partial charge on any atom is -0.392 e. The minimum atomic E-state index is -0.343. The van der Waals surface area contributed by atoms with E-state index < -0.39 is 0 Å². The first-order valence-corrected chi connectivity index (χ1v) is 7.92. The van der Waals surface area contributed by atoms with Gasteiger partial charge in [0.15, 0.2) is 0 Å². The van der Waals surface area contributed by atoms with Gasteiger partial charge in [-0.25, -0.2) is 0 Å². The Balaban J connectivity index is 1.88. The van der Waals surface area contributed by atoms with Gasteiger partial charge in [-0.05, 0) is 24.0 Å². The number of aliphatic hydroxyl groups excluding tert-OH is 1. The average Bonchev–Trinajstić information content (AvgIpc) is 2.94. The zero-order chi connectivity index (χ0) is 14.7. The maximum absolute atomic E-state index is 11.0. The van der Waals surface area contributed by atoms with Crippen LogP contribution in [-0.2, 0) is 18.9 Å². The number of hydrogen-bond donors (Lipinski definition) is 1. The number of hydrogen-bond acceptors (Lipinski definition) is 2. The molecule has 3 nitrogen and oxygen atoms in total. The molecule has 112 valence electrons. The highest BCUT2D eigenvalue weighted by Gasteiger charge is 2.40. The van der Waals surface area contributed by atoms with Crippen molar-refractivity contribution in [2.24, 2.45) is 7.05 Å². The molecule has 1 aliphatic rings. The van der Waals surface area contributed by atoms with Crippen LogP contribution in [0.4, 0.5) is 0 Å². The van der Waals surface area contributed by atoms with Crippen molar-refractivity contribution in [3.8, 4) is 0 Å². The van der Waals surface area contributed by atoms with Gasteiger partial charge in [-0.3, -0.25) is 4.68 Å². The van der Waals surface area contributed by atoms with E-state index in [2.05, 4.69) is 29.4 Å². The Morgan fingerprint density at radius 3 is 2.52 bits per heavy atom. The van der Waals surface area contributed by atoms with Gasteiger partial charge < -0.3 is 5.11 Å². The Kier molecular flexibility index (Phi) is 4.11. The van der Waals surface area contributed by atoms with E-state index in [0.29, 0.717) is 6.42 Å². The molecule has 1 atom stereocenters. The smallest absolute Gasteiger partial charge is 0.0678 e. The van der Waals surface area contributed by atoms with Crippen molar-refractivity contribution in [1.29, 1.82) is 0 Å². The van der Waals surface area contributed by atoms with E-state index in [-0.39, 0.29) is 11.5 Å². The number of aryl methyl sites for hydroxylation is 1. The maximum atomic E-state index is 11.0. The minimum absolute atomic E-state index is 0.0879. The van der Waals surface area contributed by atoms with Crippen LogP contribution in [0.2, 0.25) is 0 Å². The van der Waals surface area contributed by atoms with E-state index >= 15 is 0 Å². The summed E-state index contributed by atoms with van der Waals surface area (Å²) in [5.41, 5.74) is 2.32. The third kappa shape index (κ3) is 2.88. The van der Waals surface area contributed by atoms with Crippen molar-refractivity contribution >= 4 is 0 Å². The normalized spacial score (nSPS) is 19.3. The van der Waals surface area contributed by atoms with Gasteiger partial charge in [0.05, 0.1) is 12.3 Å². The quantitative estimate of drug-likeness (QED) is 0.936. The summed E-state index contributed by atoms with van der Waals surface area (Å²) in [6.45, 7) is 0. The van der Waals surface area contributed by atoms with Crippen molar-refractivity contribution in [1.82, 2.24) is 9.78 Å². The third-order valence-corrected chi connectivity index (χ3v) is 4.92. The average molecular weight is 284 g/mol. The van der Waals surface area contributed by atoms with Gasteiger partial charge in [0.2, 0.25) is 0 Å². The molecule has 3 heteroatoms. The van der Waals surface area contributed by atoms with Gasteiger partial charge in [0.25, 0.3) is 0 Å². The second kappa shape index (κ2) is 6.02. The number of rotatable bonds is 4. The molecule has 1 unspecified atom stereocenters. The van der Waals surface area contributed by atoms with Crippen molar-refractivity contribution in [2.45, 2.75) is 50.0 Å². The second-order valence-corrected chi connectivity index (χ2v) is 6.32. The fraction of sp³-hybridized carbons (Fsp3) is 0.500. The maximum Gasteiger partial charge on any atom is 0.0678 e. The van der Waals surface area contributed by atoms with Crippen LogP contribution in [0.1, 0.15) is 43.2 Å². The molecule has 3 rings (SSSR count). The molecule has 0 radical (unpaired) electrons. The molecular weight excluding hydrogens is 260 g/mol. The molecule has 0 aliphatic heterocycles. The Hall–Kier alpha value is -1.61. The van der Waals surface area contributed by atoms with E-state index in [1.54, 1.807) is 4.68 Å². The van der Waals surface area contributed by atoms with E-state index in [9.17, 15) is 5.11 Å². The second-order valence-electron chi connectivity index (χ2n) is 6.32. The van der Waals surface area contributed by atoms with Crippen molar-refractivity contribution in [3.05, 3.63) is 53.9 Å². The van der Waals surface area contributed by atoms with Crippen molar-refractivity contribution in [3.63, 3.8) is 0 Å². The standard InChI is InChI=1S/C18H24N2O/c1-20-14-15(13-19-20)12-17(21)18(10-6-3-7-11-18)16-8-4-2-5-9-16/h2,4-5,8-9,13-14,17,21H,3,6-7,10-12H2,1H3. The zero-order valence-electron chi connectivity index (χ0n) is 12.7. The zero-order valence-corrected chi connectivity index (χ0v) is 12.7. The molecule has 1 N–H and O–H groups in total. The van der Waals surface area contributed by atoms with Crippen LogP contribution in [0, 0.1) is 0 Å². The third-order valence-electron chi connectivity index (χ3n) is 4.92. The summed E-state index contributed by atoms with van der Waals surface area (Å²) < 4.78 is 1.80. The van der Waals surface area contributed by atoms with Gasteiger partial charge in [0.1, 0.15) is 0 Å². The van der Waals surface area contributed by atoms with Crippen LogP contribution in [0.5, 0.6) is 0 Å². The Morgan fingerprint density at radius 2 is 1.90 bits per heavy atom. The van der Waals surface area contributed by atoms with Crippen LogP contribution in [0.25, 0.3) is 0 Å². The first-order chi connectivity index (χ1) is 10.2. The summed E-state index contributed by atoms with van der Waals surface area (Å²) >= 11 is 0. The van der Waals surface area contributed by atoms with Crippen LogP contribution in [0.15, 0.2) is 42.7 Å². The monoisotopic (exact) mass is 284 g/mol. The summed E-state index contributed by atoms with van der Waals surface area (Å²) in [4.78, 5) is 0.